The van der Waals surface area contributed by atoms with Crippen LogP contribution < -0.4 is 0 Å². The summed E-state index contributed by atoms with van der Waals surface area (Å²) in [5.74, 6) is -0.214. The third-order valence-corrected chi connectivity index (χ3v) is 8.73. The van der Waals surface area contributed by atoms with Crippen molar-refractivity contribution in [2.45, 2.75) is 84.9 Å². The summed E-state index contributed by atoms with van der Waals surface area (Å²) < 4.78 is 23.9. The largest absolute Gasteiger partial charge is 0.444 e. The molecule has 1 amide bonds. The first-order valence-corrected chi connectivity index (χ1v) is 15.8. The zero-order valence-electron chi connectivity index (χ0n) is 25.3. The topological polar surface area (TPSA) is 67.2 Å². The Hall–Kier alpha value is -3.30. The number of benzene rings is 2. The van der Waals surface area contributed by atoms with E-state index < -0.39 is 5.60 Å². The first-order chi connectivity index (χ1) is 20.1. The lowest BCUT2D eigenvalue weighted by atomic mass is 10.1. The van der Waals surface area contributed by atoms with Crippen LogP contribution in [0, 0.1) is 5.82 Å². The van der Waals surface area contributed by atoms with Gasteiger partial charge in [0.25, 0.3) is 0 Å². The Morgan fingerprint density at radius 1 is 1.10 bits per heavy atom. The Morgan fingerprint density at radius 3 is 2.52 bits per heavy atom. The highest BCUT2D eigenvalue weighted by Gasteiger charge is 2.35. The fourth-order valence-electron chi connectivity index (χ4n) is 5.22. The van der Waals surface area contributed by atoms with Crippen molar-refractivity contribution in [3.8, 4) is 11.3 Å². The zero-order valence-corrected chi connectivity index (χ0v) is 26.1. The van der Waals surface area contributed by atoms with Crippen molar-refractivity contribution in [1.29, 1.82) is 0 Å². The number of unbranched alkanes of at least 4 members (excludes halogenated alkanes) is 1. The minimum absolute atomic E-state index is 0.143. The number of halogens is 1. The lowest BCUT2D eigenvalue weighted by molar-refractivity contribution is 0.0216. The van der Waals surface area contributed by atoms with Gasteiger partial charge in [0.15, 0.2) is 10.7 Å². The van der Waals surface area contributed by atoms with Crippen LogP contribution in [0.4, 0.5) is 9.18 Å². The van der Waals surface area contributed by atoms with Crippen molar-refractivity contribution in [1.82, 2.24) is 19.2 Å². The van der Waals surface area contributed by atoms with E-state index in [-0.39, 0.29) is 23.7 Å². The first kappa shape index (κ1) is 30.2. The summed E-state index contributed by atoms with van der Waals surface area (Å²) in [5.41, 5.74) is 2.76. The quantitative estimate of drug-likeness (QED) is 0.123. The maximum absolute atomic E-state index is 15.4. The van der Waals surface area contributed by atoms with E-state index in [1.54, 1.807) is 11.0 Å². The third-order valence-electron chi connectivity index (χ3n) is 7.72. The van der Waals surface area contributed by atoms with Crippen molar-refractivity contribution < 1.29 is 18.7 Å². The van der Waals surface area contributed by atoms with Crippen molar-refractivity contribution in [3.63, 3.8) is 0 Å². The molecule has 0 unspecified atom stereocenters. The fraction of sp³-hybridized carbons (Fsp3) is 0.485. The van der Waals surface area contributed by atoms with Gasteiger partial charge in [-0.1, -0.05) is 31.3 Å². The molecule has 0 spiro atoms. The van der Waals surface area contributed by atoms with Crippen LogP contribution in [0.2, 0.25) is 0 Å². The number of aromatic nitrogens is 2. The second-order valence-electron chi connectivity index (χ2n) is 12.1. The molecule has 2 aromatic carbocycles. The molecule has 7 nitrogen and oxygen atoms in total. The number of fused-ring (bicyclic) bond motifs is 3. The number of hydrogen-bond donors (Lipinski definition) is 0. The zero-order chi connectivity index (χ0) is 30.0. The molecule has 0 radical (unpaired) electrons. The van der Waals surface area contributed by atoms with E-state index in [1.165, 1.54) is 17.4 Å². The number of ketones is 1. The Balaban J connectivity index is 1.28. The van der Waals surface area contributed by atoms with E-state index in [9.17, 15) is 9.59 Å². The molecule has 2 aromatic heterocycles. The number of nitrogens with zero attached hydrogens (tertiary/aromatic N) is 4. The van der Waals surface area contributed by atoms with E-state index in [4.69, 9.17) is 9.72 Å². The molecule has 0 saturated heterocycles. The molecule has 4 aromatic rings. The molecule has 9 heteroatoms. The molecular weight excluding hydrogens is 551 g/mol. The molecule has 224 valence electrons. The molecule has 2 heterocycles. The molecule has 1 fully saturated rings. The van der Waals surface area contributed by atoms with Gasteiger partial charge in [0.05, 0.1) is 15.9 Å². The van der Waals surface area contributed by atoms with Crippen LogP contribution >= 0.6 is 11.3 Å². The van der Waals surface area contributed by atoms with E-state index in [0.717, 1.165) is 66.1 Å². The lowest BCUT2D eigenvalue weighted by Crippen LogP contribution is -2.37. The number of rotatable bonds is 12. The minimum Gasteiger partial charge on any atom is -0.444 e. The monoisotopic (exact) mass is 592 g/mol. The van der Waals surface area contributed by atoms with Gasteiger partial charge < -0.3 is 14.5 Å². The number of thiazole rings is 1. The smallest absolute Gasteiger partial charge is 0.410 e. The number of carbonyl (C=O) groups is 2. The van der Waals surface area contributed by atoms with Crippen LogP contribution in [0.1, 0.15) is 82.6 Å². The van der Waals surface area contributed by atoms with Gasteiger partial charge in [-0.2, -0.15) is 0 Å². The fourth-order valence-corrected chi connectivity index (χ4v) is 6.27. The maximum atomic E-state index is 15.4. The predicted octanol–water partition coefficient (Wildman–Crippen LogP) is 7.95. The number of amides is 1. The van der Waals surface area contributed by atoms with Gasteiger partial charge in [-0.15, -0.1) is 0 Å². The third kappa shape index (κ3) is 7.01. The lowest BCUT2D eigenvalue weighted by Gasteiger charge is -2.27. The molecule has 1 aliphatic rings. The van der Waals surface area contributed by atoms with Crippen LogP contribution in [-0.4, -0.2) is 62.3 Å². The molecule has 0 bridgehead atoms. The van der Waals surface area contributed by atoms with E-state index in [2.05, 4.69) is 18.7 Å². The van der Waals surface area contributed by atoms with Crippen LogP contribution in [0.15, 0.2) is 42.6 Å². The van der Waals surface area contributed by atoms with E-state index in [0.29, 0.717) is 29.8 Å². The predicted molar refractivity (Wildman–Crippen MR) is 167 cm³/mol. The summed E-state index contributed by atoms with van der Waals surface area (Å²) in [5, 5.41) is 0. The van der Waals surface area contributed by atoms with Crippen molar-refractivity contribution >= 4 is 38.4 Å². The average molecular weight is 593 g/mol. The summed E-state index contributed by atoms with van der Waals surface area (Å²) in [4.78, 5) is 35.1. The van der Waals surface area contributed by atoms with Crippen LogP contribution in [0.25, 0.3) is 26.4 Å². The summed E-state index contributed by atoms with van der Waals surface area (Å²) >= 11 is 1.49. The van der Waals surface area contributed by atoms with Crippen molar-refractivity contribution in [3.05, 3.63) is 59.5 Å². The van der Waals surface area contributed by atoms with Gasteiger partial charge in [0.1, 0.15) is 11.4 Å². The highest BCUT2D eigenvalue weighted by Crippen LogP contribution is 2.33. The second-order valence-corrected chi connectivity index (χ2v) is 13.1. The Labute approximate surface area is 251 Å². The Kier molecular flexibility index (Phi) is 8.99. The van der Waals surface area contributed by atoms with Gasteiger partial charge in [-0.3, -0.25) is 9.20 Å². The second kappa shape index (κ2) is 12.5. The number of ether oxygens (including phenoxy) is 1. The highest BCUT2D eigenvalue weighted by molar-refractivity contribution is 7.23. The summed E-state index contributed by atoms with van der Waals surface area (Å²) in [6, 6.07) is 11.0. The van der Waals surface area contributed by atoms with Crippen LogP contribution in [0.3, 0.4) is 0 Å². The minimum atomic E-state index is -0.584. The molecule has 0 N–H and O–H groups in total. The molecule has 42 heavy (non-hydrogen) atoms. The molecule has 1 saturated carbocycles. The Bertz CT molecular complexity index is 1580. The molecular formula is C33H41FN4O3S. The van der Waals surface area contributed by atoms with Gasteiger partial charge in [-0.05, 0) is 102 Å². The van der Waals surface area contributed by atoms with Gasteiger partial charge in [0, 0.05) is 36.3 Å². The first-order valence-electron chi connectivity index (χ1n) is 15.0. The molecule has 1 aliphatic carbocycles. The summed E-state index contributed by atoms with van der Waals surface area (Å²) in [6.45, 7) is 13.3. The standard InChI is InChI=1S/C33H41FN4O3S/c1-6-36(7-2)17-9-8-10-29(39)23-12-16-28-30(19-23)42-31-35-27(21-38(28)31)25-15-11-22(18-26(25)34)20-37(24-13-14-24)32(40)41-33(3,4)5/h11-12,15-16,18-19,21,24H,6-10,13-14,17,20H2,1-5H3. The SMILES string of the molecule is CCN(CC)CCCCC(=O)c1ccc2c(c1)sc1nc(-c3ccc(CN(C(=O)OC(C)(C)C)C4CC4)cc3F)cn12. The highest BCUT2D eigenvalue weighted by atomic mass is 32.1. The van der Waals surface area contributed by atoms with E-state index in [1.807, 2.05) is 55.6 Å². The number of Topliss-reactive ketones (excluding diaryl/α,β-unsaturated/α-hetero) is 1. The summed E-state index contributed by atoms with van der Waals surface area (Å²) in [7, 11) is 0. The summed E-state index contributed by atoms with van der Waals surface area (Å²) in [6.07, 6.45) is 5.80. The van der Waals surface area contributed by atoms with Gasteiger partial charge in [0.2, 0.25) is 0 Å². The average Bonchev–Trinajstić information content (AvgIpc) is 3.61. The number of imidazole rings is 1. The van der Waals surface area contributed by atoms with Crippen LogP contribution in [0.5, 0.6) is 0 Å². The van der Waals surface area contributed by atoms with Crippen LogP contribution in [-0.2, 0) is 11.3 Å². The van der Waals surface area contributed by atoms with Gasteiger partial charge in [-0.25, -0.2) is 14.2 Å². The molecule has 0 aliphatic heterocycles. The number of hydrogen-bond acceptors (Lipinski definition) is 6. The molecule has 0 atom stereocenters. The Morgan fingerprint density at radius 2 is 1.86 bits per heavy atom. The van der Waals surface area contributed by atoms with Crippen molar-refractivity contribution in [2.75, 3.05) is 19.6 Å². The maximum Gasteiger partial charge on any atom is 0.410 e. The molecule has 5 rings (SSSR count). The van der Waals surface area contributed by atoms with E-state index >= 15 is 4.39 Å². The normalized spacial score (nSPS) is 13.8. The number of carbonyl (C=O) groups excluding carboxylic acids is 2. The van der Waals surface area contributed by atoms with Gasteiger partial charge >= 0.3 is 6.09 Å². The van der Waals surface area contributed by atoms with Crippen molar-refractivity contribution in [2.24, 2.45) is 0 Å².